The van der Waals surface area contributed by atoms with Gasteiger partial charge in [-0.25, -0.2) is 0 Å². The number of rotatable bonds is 15. The molecule has 0 aliphatic rings. The van der Waals surface area contributed by atoms with Crippen molar-refractivity contribution in [2.75, 3.05) is 6.61 Å². The first-order valence-electron chi connectivity index (χ1n) is 10.2. The highest BCUT2D eigenvalue weighted by molar-refractivity contribution is 6.30. The van der Waals surface area contributed by atoms with Crippen LogP contribution in [0.1, 0.15) is 84.0 Å². The predicted molar refractivity (Wildman–Crippen MR) is 109 cm³/mol. The van der Waals surface area contributed by atoms with Crippen molar-refractivity contribution in [2.45, 2.75) is 84.0 Å². The van der Waals surface area contributed by atoms with Crippen molar-refractivity contribution in [1.29, 1.82) is 0 Å². The molecule has 1 aromatic carbocycles. The van der Waals surface area contributed by atoms with Crippen LogP contribution >= 0.6 is 11.6 Å². The van der Waals surface area contributed by atoms with E-state index >= 15 is 0 Å². The number of ether oxygens (including phenoxy) is 2. The van der Waals surface area contributed by atoms with Crippen LogP contribution < -0.4 is 4.74 Å². The normalized spacial score (nSPS) is 10.6. The summed E-state index contributed by atoms with van der Waals surface area (Å²) in [7, 11) is 0. The number of halogens is 1. The minimum Gasteiger partial charge on any atom is -0.466 e. The number of esters is 2. The predicted octanol–water partition coefficient (Wildman–Crippen LogP) is 6.49. The highest BCUT2D eigenvalue weighted by atomic mass is 35.5. The molecule has 0 saturated carbocycles. The van der Waals surface area contributed by atoms with Crippen molar-refractivity contribution in [3.63, 3.8) is 0 Å². The average molecular weight is 397 g/mol. The second-order valence-electron chi connectivity index (χ2n) is 6.83. The minimum absolute atomic E-state index is 0.135. The summed E-state index contributed by atoms with van der Waals surface area (Å²) >= 11 is 5.78. The Morgan fingerprint density at radius 1 is 0.778 bits per heavy atom. The molecule has 0 unspecified atom stereocenters. The van der Waals surface area contributed by atoms with Gasteiger partial charge in [0.15, 0.2) is 0 Å². The first-order valence-corrected chi connectivity index (χ1v) is 10.6. The lowest BCUT2D eigenvalue weighted by Gasteiger charge is -2.06. The van der Waals surface area contributed by atoms with Gasteiger partial charge in [-0.3, -0.25) is 9.59 Å². The lowest BCUT2D eigenvalue weighted by atomic mass is 10.1. The van der Waals surface area contributed by atoms with Crippen molar-refractivity contribution in [3.8, 4) is 5.75 Å². The van der Waals surface area contributed by atoms with Crippen LogP contribution in [0.5, 0.6) is 5.75 Å². The fraction of sp³-hybridized carbons (Fsp3) is 0.636. The maximum absolute atomic E-state index is 11.7. The van der Waals surface area contributed by atoms with E-state index in [9.17, 15) is 9.59 Å². The summed E-state index contributed by atoms with van der Waals surface area (Å²) in [6, 6.07) is 6.70. The molecule has 27 heavy (non-hydrogen) atoms. The van der Waals surface area contributed by atoms with Crippen molar-refractivity contribution in [1.82, 2.24) is 0 Å². The summed E-state index contributed by atoms with van der Waals surface area (Å²) in [5, 5.41) is 0.605. The van der Waals surface area contributed by atoms with Gasteiger partial charge in [-0.2, -0.15) is 0 Å². The van der Waals surface area contributed by atoms with Crippen molar-refractivity contribution >= 4 is 23.5 Å². The highest BCUT2D eigenvalue weighted by Crippen LogP contribution is 2.16. The van der Waals surface area contributed by atoms with Crippen LogP contribution in [0.2, 0.25) is 5.02 Å². The van der Waals surface area contributed by atoms with Gasteiger partial charge in [0.1, 0.15) is 5.75 Å². The van der Waals surface area contributed by atoms with Gasteiger partial charge in [0.05, 0.1) is 6.61 Å². The molecule has 1 aromatic rings. The molecule has 0 spiro atoms. The van der Waals surface area contributed by atoms with Gasteiger partial charge in [-0.1, -0.05) is 63.5 Å². The summed E-state index contributed by atoms with van der Waals surface area (Å²) in [6.07, 6.45) is 11.5. The first kappa shape index (κ1) is 23.5. The summed E-state index contributed by atoms with van der Waals surface area (Å²) in [4.78, 5) is 23.4. The van der Waals surface area contributed by atoms with Crippen LogP contribution in [0.3, 0.4) is 0 Å². The second kappa shape index (κ2) is 15.5. The number of hydrogen-bond donors (Lipinski definition) is 0. The van der Waals surface area contributed by atoms with E-state index in [1.807, 2.05) is 0 Å². The molecule has 4 nitrogen and oxygen atoms in total. The Morgan fingerprint density at radius 3 is 2.00 bits per heavy atom. The molecule has 0 atom stereocenters. The zero-order chi connectivity index (χ0) is 19.7. The van der Waals surface area contributed by atoms with Gasteiger partial charge in [0.2, 0.25) is 0 Å². The van der Waals surface area contributed by atoms with Crippen molar-refractivity contribution in [2.24, 2.45) is 0 Å². The molecule has 0 aliphatic carbocycles. The molecular formula is C22H33ClO4. The topological polar surface area (TPSA) is 52.6 Å². The molecule has 1 rings (SSSR count). The largest absolute Gasteiger partial charge is 0.466 e. The Morgan fingerprint density at radius 2 is 1.33 bits per heavy atom. The zero-order valence-electron chi connectivity index (χ0n) is 16.5. The van der Waals surface area contributed by atoms with Crippen molar-refractivity contribution in [3.05, 3.63) is 29.3 Å². The van der Waals surface area contributed by atoms with Crippen LogP contribution in [0.15, 0.2) is 24.3 Å². The fourth-order valence-corrected chi connectivity index (χ4v) is 2.84. The fourth-order valence-electron chi connectivity index (χ4n) is 2.72. The molecule has 0 radical (unpaired) electrons. The van der Waals surface area contributed by atoms with Crippen LogP contribution in [0.25, 0.3) is 0 Å². The average Bonchev–Trinajstić information content (AvgIpc) is 2.65. The molecule has 0 aliphatic heterocycles. The Hall–Kier alpha value is -1.55. The van der Waals surface area contributed by atoms with Gasteiger partial charge < -0.3 is 9.47 Å². The smallest absolute Gasteiger partial charge is 0.311 e. The monoisotopic (exact) mass is 396 g/mol. The Labute approximate surface area is 168 Å². The number of unbranched alkanes of at least 4 members (excludes halogenated alkanes) is 8. The zero-order valence-corrected chi connectivity index (χ0v) is 17.3. The van der Waals surface area contributed by atoms with Gasteiger partial charge in [0, 0.05) is 17.9 Å². The summed E-state index contributed by atoms with van der Waals surface area (Å²) in [5.41, 5.74) is 0. The summed E-state index contributed by atoms with van der Waals surface area (Å²) in [6.45, 7) is 2.74. The number of benzene rings is 1. The van der Waals surface area contributed by atoms with Gasteiger partial charge in [-0.05, 0) is 43.5 Å². The molecule has 0 heterocycles. The third-order valence-electron chi connectivity index (χ3n) is 4.32. The van der Waals surface area contributed by atoms with E-state index in [2.05, 4.69) is 6.92 Å². The maximum Gasteiger partial charge on any atom is 0.311 e. The molecule has 0 bridgehead atoms. The SMILES string of the molecule is CCCCCCCCCOC(=O)CCCCCC(=O)Oc1ccc(Cl)cc1. The van der Waals surface area contributed by atoms with Crippen LogP contribution in [0, 0.1) is 0 Å². The number of hydrogen-bond acceptors (Lipinski definition) is 4. The molecular weight excluding hydrogens is 364 g/mol. The third kappa shape index (κ3) is 13.3. The molecule has 0 amide bonds. The number of carbonyl (C=O) groups is 2. The second-order valence-corrected chi connectivity index (χ2v) is 7.27. The van der Waals surface area contributed by atoms with Crippen molar-refractivity contribution < 1.29 is 19.1 Å². The lowest BCUT2D eigenvalue weighted by Crippen LogP contribution is -2.08. The number of carbonyl (C=O) groups excluding carboxylic acids is 2. The van der Waals surface area contributed by atoms with E-state index in [1.165, 1.54) is 32.1 Å². The highest BCUT2D eigenvalue weighted by Gasteiger charge is 2.06. The van der Waals surface area contributed by atoms with E-state index in [1.54, 1.807) is 24.3 Å². The minimum atomic E-state index is -0.265. The van der Waals surface area contributed by atoms with E-state index in [-0.39, 0.29) is 11.9 Å². The van der Waals surface area contributed by atoms with E-state index in [4.69, 9.17) is 21.1 Å². The Kier molecular flexibility index (Phi) is 13.5. The Balaban J connectivity index is 1.92. The van der Waals surface area contributed by atoms with Gasteiger partial charge in [-0.15, -0.1) is 0 Å². The molecule has 0 aromatic heterocycles. The van der Waals surface area contributed by atoms with Crippen LogP contribution in [0.4, 0.5) is 0 Å². The van der Waals surface area contributed by atoms with Crippen LogP contribution in [-0.4, -0.2) is 18.5 Å². The summed E-state index contributed by atoms with van der Waals surface area (Å²) < 4.78 is 10.5. The maximum atomic E-state index is 11.7. The van der Waals surface area contributed by atoms with Gasteiger partial charge in [0.25, 0.3) is 0 Å². The summed E-state index contributed by atoms with van der Waals surface area (Å²) in [5.74, 6) is 0.0990. The molecule has 5 heteroatoms. The Bertz CT molecular complexity index is 528. The first-order chi connectivity index (χ1) is 13.1. The van der Waals surface area contributed by atoms with E-state index in [0.717, 1.165) is 25.7 Å². The van der Waals surface area contributed by atoms with E-state index in [0.29, 0.717) is 36.6 Å². The van der Waals surface area contributed by atoms with Crippen LogP contribution in [-0.2, 0) is 14.3 Å². The molecule has 0 fully saturated rings. The van der Waals surface area contributed by atoms with Gasteiger partial charge >= 0.3 is 11.9 Å². The third-order valence-corrected chi connectivity index (χ3v) is 4.57. The lowest BCUT2D eigenvalue weighted by molar-refractivity contribution is -0.143. The van der Waals surface area contributed by atoms with E-state index < -0.39 is 0 Å². The standard InChI is InChI=1S/C22H33ClO4/c1-2-3-4-5-6-7-11-18-26-21(24)12-9-8-10-13-22(25)27-20-16-14-19(23)15-17-20/h14-17H,2-13,18H2,1H3. The molecule has 0 N–H and O–H groups in total. The molecule has 152 valence electrons. The molecule has 0 saturated heterocycles. The quantitative estimate of drug-likeness (QED) is 0.193.